The molecular formula is C17H19Cl2N3O5S2. The van der Waals surface area contributed by atoms with Crippen LogP contribution in [0.15, 0.2) is 40.1 Å². The smallest absolute Gasteiger partial charge is 0.264 e. The van der Waals surface area contributed by atoms with Crippen LogP contribution in [0.5, 0.6) is 5.75 Å². The van der Waals surface area contributed by atoms with Gasteiger partial charge in [0.2, 0.25) is 10.0 Å². The van der Waals surface area contributed by atoms with E-state index < -0.39 is 20.0 Å². The van der Waals surface area contributed by atoms with Gasteiger partial charge in [0.25, 0.3) is 10.0 Å². The van der Waals surface area contributed by atoms with Gasteiger partial charge < -0.3 is 4.74 Å². The molecule has 0 spiro atoms. The first-order valence-electron chi connectivity index (χ1n) is 8.77. The number of nitrogens with zero attached hydrogens (tertiary/aromatic N) is 2. The Hall–Kier alpha value is -1.59. The highest BCUT2D eigenvalue weighted by Crippen LogP contribution is 2.33. The molecule has 1 aromatic carbocycles. The van der Waals surface area contributed by atoms with Crippen molar-refractivity contribution in [3.8, 4) is 5.75 Å². The molecular weight excluding hydrogens is 461 g/mol. The second-order valence-corrected chi connectivity index (χ2v) is 10.5. The molecule has 2 aromatic rings. The summed E-state index contributed by atoms with van der Waals surface area (Å²) in [5.74, 6) is 0.161. The molecule has 0 aliphatic carbocycles. The van der Waals surface area contributed by atoms with E-state index in [9.17, 15) is 16.8 Å². The van der Waals surface area contributed by atoms with Crippen molar-refractivity contribution in [3.63, 3.8) is 0 Å². The summed E-state index contributed by atoms with van der Waals surface area (Å²) in [4.78, 5) is 3.35. The van der Waals surface area contributed by atoms with Gasteiger partial charge in [0.1, 0.15) is 20.7 Å². The van der Waals surface area contributed by atoms with E-state index in [-0.39, 0.29) is 38.1 Å². The third-order valence-corrected chi connectivity index (χ3v) is 8.19. The monoisotopic (exact) mass is 479 g/mol. The second-order valence-electron chi connectivity index (χ2n) is 6.23. The van der Waals surface area contributed by atoms with Gasteiger partial charge in [-0.1, -0.05) is 23.2 Å². The number of nitrogens with one attached hydrogen (secondary N) is 1. The van der Waals surface area contributed by atoms with Crippen molar-refractivity contribution in [2.75, 3.05) is 24.4 Å². The Balaban J connectivity index is 2.00. The number of hydrogen-bond donors (Lipinski definition) is 1. The van der Waals surface area contributed by atoms with Crippen LogP contribution in [-0.2, 0) is 20.0 Å². The number of aromatic nitrogens is 1. The number of hydrogen-bond acceptors (Lipinski definition) is 6. The van der Waals surface area contributed by atoms with E-state index in [2.05, 4.69) is 9.71 Å². The minimum Gasteiger partial charge on any atom is -0.492 e. The van der Waals surface area contributed by atoms with Gasteiger partial charge in [-0.3, -0.25) is 4.72 Å². The van der Waals surface area contributed by atoms with Gasteiger partial charge in [-0.05, 0) is 50.1 Å². The van der Waals surface area contributed by atoms with Crippen LogP contribution in [0.3, 0.4) is 0 Å². The van der Waals surface area contributed by atoms with E-state index >= 15 is 0 Å². The van der Waals surface area contributed by atoms with Gasteiger partial charge in [-0.25, -0.2) is 21.8 Å². The van der Waals surface area contributed by atoms with Crippen molar-refractivity contribution in [3.05, 3.63) is 40.6 Å². The van der Waals surface area contributed by atoms with Crippen LogP contribution in [0.4, 0.5) is 5.69 Å². The minimum absolute atomic E-state index is 0.0500. The fourth-order valence-electron chi connectivity index (χ4n) is 2.93. The Labute approximate surface area is 179 Å². The topological polar surface area (TPSA) is 106 Å². The predicted molar refractivity (Wildman–Crippen MR) is 111 cm³/mol. The zero-order chi connectivity index (χ0) is 21.2. The van der Waals surface area contributed by atoms with Gasteiger partial charge in [-0.2, -0.15) is 4.31 Å². The molecule has 1 N–H and O–H groups in total. The van der Waals surface area contributed by atoms with E-state index in [0.29, 0.717) is 13.1 Å². The van der Waals surface area contributed by atoms with Crippen LogP contribution < -0.4 is 9.46 Å². The number of ether oxygens (including phenoxy) is 1. The molecule has 8 nitrogen and oxygen atoms in total. The molecule has 0 radical (unpaired) electrons. The predicted octanol–water partition coefficient (Wildman–Crippen LogP) is 3.37. The summed E-state index contributed by atoms with van der Waals surface area (Å²) in [6.07, 6.45) is 1.55. The second kappa shape index (κ2) is 8.65. The lowest BCUT2D eigenvalue weighted by Gasteiger charge is -2.19. The van der Waals surface area contributed by atoms with Gasteiger partial charge in [0.15, 0.2) is 5.15 Å². The van der Waals surface area contributed by atoms with Crippen molar-refractivity contribution < 1.29 is 21.6 Å². The van der Waals surface area contributed by atoms with E-state index in [1.165, 1.54) is 34.6 Å². The number of rotatable bonds is 7. The van der Waals surface area contributed by atoms with Crippen molar-refractivity contribution in [2.24, 2.45) is 0 Å². The first-order chi connectivity index (χ1) is 13.6. The number of anilines is 1. The number of sulfonamides is 2. The molecule has 1 fully saturated rings. The lowest BCUT2D eigenvalue weighted by atomic mass is 10.3. The van der Waals surface area contributed by atoms with Crippen molar-refractivity contribution in [1.29, 1.82) is 0 Å². The van der Waals surface area contributed by atoms with Gasteiger partial charge in [0.05, 0.1) is 12.3 Å². The molecule has 0 saturated carbocycles. The Morgan fingerprint density at radius 2 is 1.76 bits per heavy atom. The zero-order valence-corrected chi connectivity index (χ0v) is 18.6. The third kappa shape index (κ3) is 4.77. The SMILES string of the molecule is CCOc1ccc(NS(=O)(=O)c2ccc(Cl)nc2Cl)cc1S(=O)(=O)N1CCCC1. The molecule has 0 amide bonds. The third-order valence-electron chi connectivity index (χ3n) is 4.25. The minimum atomic E-state index is -4.12. The molecule has 158 valence electrons. The summed E-state index contributed by atoms with van der Waals surface area (Å²) in [5, 5.41) is -0.241. The summed E-state index contributed by atoms with van der Waals surface area (Å²) >= 11 is 11.6. The summed E-state index contributed by atoms with van der Waals surface area (Å²) in [7, 11) is -7.95. The quantitative estimate of drug-likeness (QED) is 0.610. The summed E-state index contributed by atoms with van der Waals surface area (Å²) in [6.45, 7) is 2.82. The molecule has 0 bridgehead atoms. The van der Waals surface area contributed by atoms with Gasteiger partial charge >= 0.3 is 0 Å². The Bertz CT molecular complexity index is 1120. The lowest BCUT2D eigenvalue weighted by molar-refractivity contribution is 0.330. The molecule has 2 heterocycles. The Morgan fingerprint density at radius 3 is 2.38 bits per heavy atom. The molecule has 0 unspecified atom stereocenters. The summed E-state index contributed by atoms with van der Waals surface area (Å²) in [5.41, 5.74) is 0.0530. The van der Waals surface area contributed by atoms with E-state index in [1.807, 2.05) is 0 Å². The lowest BCUT2D eigenvalue weighted by Crippen LogP contribution is -2.28. The average Bonchev–Trinajstić information content (AvgIpc) is 3.18. The molecule has 1 saturated heterocycles. The maximum Gasteiger partial charge on any atom is 0.264 e. The average molecular weight is 480 g/mol. The van der Waals surface area contributed by atoms with Crippen LogP contribution in [0.25, 0.3) is 0 Å². The molecule has 3 rings (SSSR count). The van der Waals surface area contributed by atoms with Gasteiger partial charge in [-0.15, -0.1) is 0 Å². The fourth-order valence-corrected chi connectivity index (χ4v) is 6.31. The van der Waals surface area contributed by atoms with Crippen molar-refractivity contribution >= 4 is 48.9 Å². The molecule has 0 atom stereocenters. The van der Waals surface area contributed by atoms with Crippen LogP contribution in [0.2, 0.25) is 10.3 Å². The molecule has 29 heavy (non-hydrogen) atoms. The number of pyridine rings is 1. The molecule has 12 heteroatoms. The highest BCUT2D eigenvalue weighted by atomic mass is 35.5. The van der Waals surface area contributed by atoms with Crippen LogP contribution in [0, 0.1) is 0 Å². The van der Waals surface area contributed by atoms with E-state index in [0.717, 1.165) is 12.8 Å². The van der Waals surface area contributed by atoms with Crippen molar-refractivity contribution in [1.82, 2.24) is 9.29 Å². The maximum atomic E-state index is 13.0. The molecule has 1 aromatic heterocycles. The molecule has 1 aliphatic heterocycles. The van der Waals surface area contributed by atoms with E-state index in [1.54, 1.807) is 6.92 Å². The first kappa shape index (κ1) is 22.1. The number of halogens is 2. The summed E-state index contributed by atoms with van der Waals surface area (Å²) < 4.78 is 60.6. The Morgan fingerprint density at radius 1 is 1.07 bits per heavy atom. The standard InChI is InChI=1S/C17H19Cl2N3O5S2/c1-2-27-13-6-5-12(11-15(13)29(25,26)22-9-3-4-10-22)21-28(23,24)14-7-8-16(18)20-17(14)19/h5-8,11,21H,2-4,9-10H2,1H3. The van der Waals surface area contributed by atoms with E-state index in [4.69, 9.17) is 27.9 Å². The highest BCUT2D eigenvalue weighted by Gasteiger charge is 2.31. The van der Waals surface area contributed by atoms with Crippen molar-refractivity contribution in [2.45, 2.75) is 29.6 Å². The Kier molecular flexibility index (Phi) is 6.59. The number of benzene rings is 1. The highest BCUT2D eigenvalue weighted by molar-refractivity contribution is 7.92. The maximum absolute atomic E-state index is 13.0. The molecule has 1 aliphatic rings. The normalized spacial score (nSPS) is 15.4. The van der Waals surface area contributed by atoms with Crippen LogP contribution in [-0.4, -0.2) is 45.8 Å². The van der Waals surface area contributed by atoms with Crippen LogP contribution >= 0.6 is 23.2 Å². The van der Waals surface area contributed by atoms with Crippen LogP contribution in [0.1, 0.15) is 19.8 Å². The zero-order valence-electron chi connectivity index (χ0n) is 15.4. The fraction of sp³-hybridized carbons (Fsp3) is 0.353. The van der Waals surface area contributed by atoms with Gasteiger partial charge in [0, 0.05) is 13.1 Å². The summed E-state index contributed by atoms with van der Waals surface area (Å²) in [6, 6.07) is 6.60. The first-order valence-corrected chi connectivity index (χ1v) is 12.4. The largest absolute Gasteiger partial charge is 0.492 e.